The maximum Gasteiger partial charge on any atom is 0.207 e. The van der Waals surface area contributed by atoms with Gasteiger partial charge in [-0.1, -0.05) is 36.4 Å². The second-order valence-electron chi connectivity index (χ2n) is 5.01. The van der Waals surface area contributed by atoms with Gasteiger partial charge in [0.25, 0.3) is 0 Å². The molecule has 0 aromatic heterocycles. The van der Waals surface area contributed by atoms with E-state index in [2.05, 4.69) is 0 Å². The van der Waals surface area contributed by atoms with E-state index in [0.717, 1.165) is 10.8 Å². The highest BCUT2D eigenvalue weighted by atomic mass is 32.2. The maximum atomic E-state index is 12.9. The van der Waals surface area contributed by atoms with Crippen LogP contribution >= 0.6 is 0 Å². The Kier molecular flexibility index (Phi) is 3.18. The predicted molar refractivity (Wildman–Crippen MR) is 85.0 cm³/mol. The van der Waals surface area contributed by atoms with Gasteiger partial charge in [0.2, 0.25) is 9.84 Å². The number of nitrogens with two attached hydrogens (primary N) is 1. The second-order valence-corrected chi connectivity index (χ2v) is 6.89. The van der Waals surface area contributed by atoms with Crippen molar-refractivity contribution in [3.8, 4) is 0 Å². The number of nitrogen functional groups attached to an aromatic ring is 1. The van der Waals surface area contributed by atoms with Crippen molar-refractivity contribution in [2.45, 2.75) is 16.7 Å². The van der Waals surface area contributed by atoms with Crippen LogP contribution in [-0.4, -0.2) is 8.42 Å². The number of rotatable bonds is 2. The van der Waals surface area contributed by atoms with E-state index in [1.807, 2.05) is 30.3 Å². The molecule has 0 heterocycles. The summed E-state index contributed by atoms with van der Waals surface area (Å²) in [4.78, 5) is 0.626. The third kappa shape index (κ3) is 2.28. The van der Waals surface area contributed by atoms with E-state index < -0.39 is 9.84 Å². The van der Waals surface area contributed by atoms with Gasteiger partial charge in [-0.15, -0.1) is 0 Å². The SMILES string of the molecule is Cc1cc(N)ccc1S(=O)(=O)c1cccc2ccccc12. The average molecular weight is 297 g/mol. The minimum atomic E-state index is -3.57. The molecule has 0 aliphatic heterocycles. The molecule has 3 aromatic rings. The van der Waals surface area contributed by atoms with Gasteiger partial charge in [-0.3, -0.25) is 0 Å². The molecule has 21 heavy (non-hydrogen) atoms. The lowest BCUT2D eigenvalue weighted by Crippen LogP contribution is -2.05. The fourth-order valence-corrected chi connectivity index (χ4v) is 4.22. The van der Waals surface area contributed by atoms with Crippen LogP contribution in [0.15, 0.2) is 70.5 Å². The molecule has 0 spiro atoms. The molecule has 0 aliphatic rings. The predicted octanol–water partition coefficient (Wildman–Crippen LogP) is 3.56. The summed E-state index contributed by atoms with van der Waals surface area (Å²) in [5, 5.41) is 1.64. The van der Waals surface area contributed by atoms with Crippen molar-refractivity contribution in [2.24, 2.45) is 0 Å². The van der Waals surface area contributed by atoms with Crippen LogP contribution in [0.25, 0.3) is 10.8 Å². The van der Waals surface area contributed by atoms with E-state index in [1.165, 1.54) is 0 Å². The Labute approximate surface area is 124 Å². The number of anilines is 1. The zero-order chi connectivity index (χ0) is 15.0. The van der Waals surface area contributed by atoms with Gasteiger partial charge in [-0.05, 0) is 42.1 Å². The van der Waals surface area contributed by atoms with Gasteiger partial charge in [-0.25, -0.2) is 8.42 Å². The van der Waals surface area contributed by atoms with Crippen molar-refractivity contribution < 1.29 is 8.42 Å². The van der Waals surface area contributed by atoms with Crippen LogP contribution in [0.3, 0.4) is 0 Å². The van der Waals surface area contributed by atoms with Gasteiger partial charge in [0.1, 0.15) is 0 Å². The summed E-state index contributed by atoms with van der Waals surface area (Å²) in [6, 6.07) is 17.7. The second kappa shape index (κ2) is 4.90. The quantitative estimate of drug-likeness (QED) is 0.736. The van der Waals surface area contributed by atoms with Gasteiger partial charge < -0.3 is 5.73 Å². The molecule has 3 nitrogen and oxygen atoms in total. The highest BCUT2D eigenvalue weighted by Gasteiger charge is 2.21. The topological polar surface area (TPSA) is 60.2 Å². The third-order valence-corrected chi connectivity index (χ3v) is 5.50. The lowest BCUT2D eigenvalue weighted by atomic mass is 10.1. The molecule has 2 N–H and O–H groups in total. The van der Waals surface area contributed by atoms with Crippen molar-refractivity contribution >= 4 is 26.3 Å². The molecule has 106 valence electrons. The Bertz CT molecular complexity index is 925. The molecule has 0 unspecified atom stereocenters. The van der Waals surface area contributed by atoms with Crippen molar-refractivity contribution in [2.75, 3.05) is 5.73 Å². The van der Waals surface area contributed by atoms with Crippen LogP contribution in [-0.2, 0) is 9.84 Å². The fraction of sp³-hybridized carbons (Fsp3) is 0.0588. The molecule has 0 amide bonds. The van der Waals surface area contributed by atoms with Crippen molar-refractivity contribution in [1.82, 2.24) is 0 Å². The van der Waals surface area contributed by atoms with Gasteiger partial charge in [0.05, 0.1) is 9.79 Å². The first kappa shape index (κ1) is 13.6. The lowest BCUT2D eigenvalue weighted by Gasteiger charge is -2.11. The molecule has 0 saturated heterocycles. The summed E-state index contributed by atoms with van der Waals surface area (Å²) in [5.74, 6) is 0. The van der Waals surface area contributed by atoms with Crippen LogP contribution in [0, 0.1) is 6.92 Å². The van der Waals surface area contributed by atoms with E-state index in [-0.39, 0.29) is 0 Å². The zero-order valence-corrected chi connectivity index (χ0v) is 12.4. The third-order valence-electron chi connectivity index (χ3n) is 3.53. The molecule has 0 fully saturated rings. The highest BCUT2D eigenvalue weighted by Crippen LogP contribution is 2.30. The lowest BCUT2D eigenvalue weighted by molar-refractivity contribution is 0.596. The number of hydrogen-bond acceptors (Lipinski definition) is 3. The largest absolute Gasteiger partial charge is 0.399 e. The van der Waals surface area contributed by atoms with Crippen molar-refractivity contribution in [1.29, 1.82) is 0 Å². The Morgan fingerprint density at radius 1 is 0.857 bits per heavy atom. The van der Waals surface area contributed by atoms with Crippen LogP contribution in [0.2, 0.25) is 0 Å². The Morgan fingerprint density at radius 2 is 1.57 bits per heavy atom. The first-order valence-corrected chi connectivity index (χ1v) is 8.07. The molecule has 0 saturated carbocycles. The van der Waals surface area contributed by atoms with E-state index in [4.69, 9.17) is 5.73 Å². The van der Waals surface area contributed by atoms with E-state index >= 15 is 0 Å². The summed E-state index contributed by atoms with van der Waals surface area (Å²) >= 11 is 0. The molecule has 4 heteroatoms. The van der Waals surface area contributed by atoms with E-state index in [1.54, 1.807) is 37.3 Å². The summed E-state index contributed by atoms with van der Waals surface area (Å²) in [6.45, 7) is 1.76. The van der Waals surface area contributed by atoms with Crippen molar-refractivity contribution in [3.63, 3.8) is 0 Å². The number of aryl methyl sites for hydroxylation is 1. The molecule has 0 radical (unpaired) electrons. The summed E-state index contributed by atoms with van der Waals surface area (Å²) in [7, 11) is -3.57. The number of hydrogen-bond donors (Lipinski definition) is 1. The van der Waals surface area contributed by atoms with Gasteiger partial charge in [0.15, 0.2) is 0 Å². The molecule has 3 aromatic carbocycles. The first-order chi connectivity index (χ1) is 10.00. The first-order valence-electron chi connectivity index (χ1n) is 6.59. The number of sulfone groups is 1. The van der Waals surface area contributed by atoms with Crippen molar-refractivity contribution in [3.05, 3.63) is 66.2 Å². The molecular formula is C17H15NO2S. The standard InChI is InChI=1S/C17H15NO2S/c1-12-11-14(18)9-10-16(12)21(19,20)17-8-4-6-13-5-2-3-7-15(13)17/h2-11H,18H2,1H3. The van der Waals surface area contributed by atoms with Gasteiger partial charge in [0, 0.05) is 11.1 Å². The Hall–Kier alpha value is -2.33. The minimum Gasteiger partial charge on any atom is -0.399 e. The van der Waals surface area contributed by atoms with Crippen LogP contribution in [0.1, 0.15) is 5.56 Å². The molecule has 0 atom stereocenters. The van der Waals surface area contributed by atoms with Crippen LogP contribution in [0.4, 0.5) is 5.69 Å². The highest BCUT2D eigenvalue weighted by molar-refractivity contribution is 7.91. The molecule has 3 rings (SSSR count). The maximum absolute atomic E-state index is 12.9. The van der Waals surface area contributed by atoms with Crippen LogP contribution < -0.4 is 5.73 Å². The van der Waals surface area contributed by atoms with Gasteiger partial charge >= 0.3 is 0 Å². The average Bonchev–Trinajstić information content (AvgIpc) is 2.46. The molecule has 0 bridgehead atoms. The normalized spacial score (nSPS) is 11.7. The van der Waals surface area contributed by atoms with Gasteiger partial charge in [-0.2, -0.15) is 0 Å². The summed E-state index contributed by atoms with van der Waals surface area (Å²) in [5.41, 5.74) is 6.92. The van der Waals surface area contributed by atoms with E-state index in [0.29, 0.717) is 21.0 Å². The number of fused-ring (bicyclic) bond motifs is 1. The smallest absolute Gasteiger partial charge is 0.207 e. The fourth-order valence-electron chi connectivity index (χ4n) is 2.52. The minimum absolute atomic E-state index is 0.299. The number of benzene rings is 3. The monoisotopic (exact) mass is 297 g/mol. The molecular weight excluding hydrogens is 282 g/mol. The Morgan fingerprint density at radius 3 is 2.33 bits per heavy atom. The van der Waals surface area contributed by atoms with E-state index in [9.17, 15) is 8.42 Å². The summed E-state index contributed by atoms with van der Waals surface area (Å²) < 4.78 is 25.9. The molecule has 0 aliphatic carbocycles. The van der Waals surface area contributed by atoms with Crippen LogP contribution in [0.5, 0.6) is 0 Å². The zero-order valence-electron chi connectivity index (χ0n) is 11.6. The Balaban J connectivity index is 2.30. The summed E-state index contributed by atoms with van der Waals surface area (Å²) in [6.07, 6.45) is 0.